The quantitative estimate of drug-likeness (QED) is 0.113. The number of carbonyl (C=O) groups excluding carboxylic acids is 3. The molecule has 0 aliphatic rings. The summed E-state index contributed by atoms with van der Waals surface area (Å²) in [5, 5.41) is 28.0. The van der Waals surface area contributed by atoms with Crippen LogP contribution in [0.2, 0.25) is 0 Å². The number of nitrogens with one attached hydrogen (secondary N) is 5. The van der Waals surface area contributed by atoms with Gasteiger partial charge in [-0.05, 0) is 30.2 Å². The number of nitrogens with two attached hydrogens (primary N) is 1. The molecule has 3 amide bonds. The fourth-order valence-corrected chi connectivity index (χ4v) is 4.69. The fourth-order valence-electron chi connectivity index (χ4n) is 4.69. The smallest absolute Gasteiger partial charge is 0.326 e. The maximum Gasteiger partial charge on any atom is 0.326 e. The van der Waals surface area contributed by atoms with Gasteiger partial charge in [0, 0.05) is 47.0 Å². The summed E-state index contributed by atoms with van der Waals surface area (Å²) in [6.45, 7) is 1.36. The first kappa shape index (κ1) is 29.8. The molecule has 2 aromatic heterocycles. The van der Waals surface area contributed by atoms with E-state index >= 15 is 0 Å². The molecule has 9 N–H and O–H groups in total. The number of carbonyl (C=O) groups is 5. The van der Waals surface area contributed by atoms with Gasteiger partial charge in [-0.3, -0.25) is 19.2 Å². The lowest BCUT2D eigenvalue weighted by Crippen LogP contribution is -2.57. The largest absolute Gasteiger partial charge is 0.481 e. The lowest BCUT2D eigenvalue weighted by molar-refractivity contribution is -0.142. The monoisotopic (exact) mass is 576 g/mol. The molecule has 220 valence electrons. The van der Waals surface area contributed by atoms with Crippen LogP contribution in [0.25, 0.3) is 21.8 Å². The Balaban J connectivity index is 1.53. The van der Waals surface area contributed by atoms with Gasteiger partial charge in [-0.25, -0.2) is 4.79 Å². The maximum atomic E-state index is 13.5. The Labute approximate surface area is 239 Å². The second kappa shape index (κ2) is 13.0. The molecule has 0 saturated carbocycles. The first-order chi connectivity index (χ1) is 20.0. The second-order valence-corrected chi connectivity index (χ2v) is 10.0. The number of rotatable bonds is 13. The minimum absolute atomic E-state index is 0.00718. The average molecular weight is 577 g/mol. The van der Waals surface area contributed by atoms with Gasteiger partial charge in [0.2, 0.25) is 17.7 Å². The highest BCUT2D eigenvalue weighted by Crippen LogP contribution is 2.21. The number of para-hydroxylation sites is 2. The predicted octanol–water partition coefficient (Wildman–Crippen LogP) is 0.795. The molecule has 0 radical (unpaired) electrons. The van der Waals surface area contributed by atoms with Gasteiger partial charge in [0.25, 0.3) is 0 Å². The number of hydrogen-bond donors (Lipinski definition) is 8. The summed E-state index contributed by atoms with van der Waals surface area (Å²) >= 11 is 0. The molecule has 0 bridgehead atoms. The number of aromatic nitrogens is 2. The third-order valence-electron chi connectivity index (χ3n) is 6.93. The molecule has 4 atom stereocenters. The van der Waals surface area contributed by atoms with Gasteiger partial charge in [0.1, 0.15) is 18.1 Å². The van der Waals surface area contributed by atoms with Crippen LogP contribution < -0.4 is 21.7 Å². The van der Waals surface area contributed by atoms with E-state index in [0.29, 0.717) is 11.1 Å². The summed E-state index contributed by atoms with van der Waals surface area (Å²) in [6, 6.07) is 9.70. The third-order valence-corrected chi connectivity index (χ3v) is 6.93. The van der Waals surface area contributed by atoms with Crippen molar-refractivity contribution in [2.75, 3.05) is 0 Å². The van der Waals surface area contributed by atoms with E-state index in [1.54, 1.807) is 12.4 Å². The normalized spacial score (nSPS) is 14.0. The lowest BCUT2D eigenvalue weighted by atomic mass is 10.0. The molecule has 2 aromatic carbocycles. The van der Waals surface area contributed by atoms with E-state index in [9.17, 15) is 29.1 Å². The minimum atomic E-state index is -1.37. The standard InChI is InChI=1S/C29H32N6O7/c1-15(33-27(39)20(30)12-25(36)37)26(38)34-23(10-16-13-31-21-8-4-2-6-18(16)21)28(40)35-24(29(41)42)11-17-14-32-22-9-5-3-7-19(17)22/h2-9,13-15,20,23-24,31-32H,10-12,30H2,1H3,(H,33,39)(H,34,38)(H,35,40)(H,36,37)(H,41,42). The van der Waals surface area contributed by atoms with Gasteiger partial charge < -0.3 is 41.9 Å². The van der Waals surface area contributed by atoms with Crippen molar-refractivity contribution in [3.8, 4) is 0 Å². The van der Waals surface area contributed by atoms with Gasteiger partial charge in [-0.15, -0.1) is 0 Å². The van der Waals surface area contributed by atoms with Gasteiger partial charge in [-0.1, -0.05) is 36.4 Å². The molecule has 0 spiro atoms. The Morgan fingerprint density at radius 1 is 0.738 bits per heavy atom. The molecule has 2 heterocycles. The topological polar surface area (TPSA) is 219 Å². The van der Waals surface area contributed by atoms with E-state index in [0.717, 1.165) is 21.8 Å². The summed E-state index contributed by atoms with van der Waals surface area (Å²) in [6.07, 6.45) is 2.77. The first-order valence-corrected chi connectivity index (χ1v) is 13.2. The van der Waals surface area contributed by atoms with E-state index < -0.39 is 60.2 Å². The molecule has 0 fully saturated rings. The molecule has 42 heavy (non-hydrogen) atoms. The molecule has 4 aromatic rings. The number of amides is 3. The van der Waals surface area contributed by atoms with Crippen LogP contribution in [0.1, 0.15) is 24.5 Å². The number of aliphatic carboxylic acids is 2. The van der Waals surface area contributed by atoms with Gasteiger partial charge in [0.15, 0.2) is 0 Å². The van der Waals surface area contributed by atoms with Crippen molar-refractivity contribution in [3.05, 3.63) is 72.1 Å². The van der Waals surface area contributed by atoms with Crippen molar-refractivity contribution in [2.24, 2.45) is 5.73 Å². The molecule has 13 nitrogen and oxygen atoms in total. The second-order valence-electron chi connectivity index (χ2n) is 10.0. The van der Waals surface area contributed by atoms with Crippen molar-refractivity contribution in [1.29, 1.82) is 0 Å². The van der Waals surface area contributed by atoms with Gasteiger partial charge >= 0.3 is 11.9 Å². The van der Waals surface area contributed by atoms with Crippen LogP contribution in [0, 0.1) is 0 Å². The Morgan fingerprint density at radius 3 is 1.76 bits per heavy atom. The number of fused-ring (bicyclic) bond motifs is 2. The number of hydrogen-bond acceptors (Lipinski definition) is 6. The van der Waals surface area contributed by atoms with Crippen molar-refractivity contribution in [3.63, 3.8) is 0 Å². The molecule has 0 saturated heterocycles. The lowest BCUT2D eigenvalue weighted by Gasteiger charge is -2.24. The van der Waals surface area contributed by atoms with Crippen molar-refractivity contribution < 1.29 is 34.2 Å². The number of carboxylic acids is 2. The molecule has 4 rings (SSSR count). The van der Waals surface area contributed by atoms with Crippen LogP contribution in [-0.4, -0.2) is 74.0 Å². The Hall–Kier alpha value is -5.17. The number of H-pyrrole nitrogens is 2. The number of aromatic amines is 2. The van der Waals surface area contributed by atoms with E-state index in [4.69, 9.17) is 10.8 Å². The third kappa shape index (κ3) is 7.12. The highest BCUT2D eigenvalue weighted by molar-refractivity contribution is 5.95. The summed E-state index contributed by atoms with van der Waals surface area (Å²) in [5.41, 5.74) is 8.62. The first-order valence-electron chi connectivity index (χ1n) is 13.2. The Morgan fingerprint density at radius 2 is 1.24 bits per heavy atom. The maximum absolute atomic E-state index is 13.5. The summed E-state index contributed by atoms with van der Waals surface area (Å²) in [7, 11) is 0. The van der Waals surface area contributed by atoms with Gasteiger partial charge in [0.05, 0.1) is 12.5 Å². The van der Waals surface area contributed by atoms with E-state index in [1.807, 2.05) is 48.5 Å². The van der Waals surface area contributed by atoms with Crippen LogP contribution >= 0.6 is 0 Å². The fraction of sp³-hybridized carbons (Fsp3) is 0.276. The van der Waals surface area contributed by atoms with Crippen LogP contribution in [-0.2, 0) is 36.8 Å². The molecule has 4 unspecified atom stereocenters. The van der Waals surface area contributed by atoms with Crippen molar-refractivity contribution in [1.82, 2.24) is 25.9 Å². The number of carboxylic acid groups (broad SMARTS) is 2. The van der Waals surface area contributed by atoms with Crippen molar-refractivity contribution in [2.45, 2.75) is 50.4 Å². The highest BCUT2D eigenvalue weighted by Gasteiger charge is 2.30. The van der Waals surface area contributed by atoms with Crippen LogP contribution in [0.4, 0.5) is 0 Å². The van der Waals surface area contributed by atoms with E-state index in [-0.39, 0.29) is 12.8 Å². The zero-order chi connectivity index (χ0) is 30.4. The zero-order valence-electron chi connectivity index (χ0n) is 22.7. The zero-order valence-corrected chi connectivity index (χ0v) is 22.7. The Kier molecular flexibility index (Phi) is 9.22. The summed E-state index contributed by atoms with van der Waals surface area (Å²) in [4.78, 5) is 68.1. The predicted molar refractivity (Wildman–Crippen MR) is 153 cm³/mol. The van der Waals surface area contributed by atoms with Crippen molar-refractivity contribution >= 4 is 51.5 Å². The molecular weight excluding hydrogens is 544 g/mol. The highest BCUT2D eigenvalue weighted by atomic mass is 16.4. The van der Waals surface area contributed by atoms with Crippen LogP contribution in [0.5, 0.6) is 0 Å². The number of benzene rings is 2. The van der Waals surface area contributed by atoms with Gasteiger partial charge in [-0.2, -0.15) is 0 Å². The summed E-state index contributed by atoms with van der Waals surface area (Å²) < 4.78 is 0. The average Bonchev–Trinajstić information content (AvgIpc) is 3.55. The van der Waals surface area contributed by atoms with E-state index in [2.05, 4.69) is 25.9 Å². The molecule has 0 aliphatic heterocycles. The van der Waals surface area contributed by atoms with Crippen LogP contribution in [0.3, 0.4) is 0 Å². The Bertz CT molecular complexity index is 1630. The van der Waals surface area contributed by atoms with Crippen LogP contribution in [0.15, 0.2) is 60.9 Å². The SMILES string of the molecule is CC(NC(=O)C(N)CC(=O)O)C(=O)NC(Cc1c[nH]c2ccccc12)C(=O)NC(Cc1c[nH]c2ccccc12)C(=O)O. The summed E-state index contributed by atoms with van der Waals surface area (Å²) in [5.74, 6) is -4.84. The molecular formula is C29H32N6O7. The molecule has 0 aliphatic carbocycles. The minimum Gasteiger partial charge on any atom is -0.481 e. The van der Waals surface area contributed by atoms with E-state index in [1.165, 1.54) is 6.92 Å². The molecule has 13 heteroatoms.